The van der Waals surface area contributed by atoms with Crippen LogP contribution in [0.15, 0.2) is 24.8 Å². The number of amides is 1. The number of fused-ring (bicyclic) bond motifs is 1. The zero-order chi connectivity index (χ0) is 19.3. The molecule has 0 unspecified atom stereocenters. The number of aromatic nitrogens is 4. The van der Waals surface area contributed by atoms with Crippen molar-refractivity contribution in [2.24, 2.45) is 0 Å². The molecule has 3 heterocycles. The van der Waals surface area contributed by atoms with Crippen molar-refractivity contribution < 1.29 is 9.53 Å². The molecule has 1 aliphatic rings. The van der Waals surface area contributed by atoms with Gasteiger partial charge >= 0.3 is 6.09 Å². The molecule has 1 amide bonds. The smallest absolute Gasteiger partial charge is 0.408 e. The topological polar surface area (TPSA) is 73.1 Å². The summed E-state index contributed by atoms with van der Waals surface area (Å²) in [5.41, 5.74) is 1.63. The highest BCUT2D eigenvalue weighted by atomic mass is 127. The molecule has 4 rings (SSSR count). The molecular formula is C17H15I2N5O2S. The van der Waals surface area contributed by atoms with Crippen LogP contribution in [0.1, 0.15) is 32.0 Å². The van der Waals surface area contributed by atoms with Gasteiger partial charge in [-0.05, 0) is 57.3 Å². The van der Waals surface area contributed by atoms with Gasteiger partial charge in [0.1, 0.15) is 17.7 Å². The van der Waals surface area contributed by atoms with Crippen molar-refractivity contribution in [1.29, 1.82) is 0 Å². The summed E-state index contributed by atoms with van der Waals surface area (Å²) in [4.78, 5) is 23.1. The maximum absolute atomic E-state index is 12.7. The first-order valence-electron chi connectivity index (χ1n) is 8.07. The Labute approximate surface area is 187 Å². The minimum absolute atomic E-state index is 0.210. The number of rotatable bonds is 2. The third-order valence-electron chi connectivity index (χ3n) is 3.99. The predicted molar refractivity (Wildman–Crippen MR) is 120 cm³/mol. The van der Waals surface area contributed by atoms with E-state index in [1.807, 2.05) is 12.1 Å². The number of hydrogen-bond donors (Lipinski definition) is 0. The Balaban J connectivity index is 1.79. The summed E-state index contributed by atoms with van der Waals surface area (Å²) in [5, 5.41) is 5.68. The molecule has 3 aromatic rings. The monoisotopic (exact) mass is 607 g/mol. The van der Waals surface area contributed by atoms with Gasteiger partial charge in [0.15, 0.2) is 10.9 Å². The zero-order valence-corrected chi connectivity index (χ0v) is 19.9. The van der Waals surface area contributed by atoms with E-state index >= 15 is 0 Å². The largest absolute Gasteiger partial charge is 0.421 e. The molecule has 1 aromatic carbocycles. The maximum atomic E-state index is 12.7. The Hall–Kier alpha value is -1.28. The van der Waals surface area contributed by atoms with Crippen molar-refractivity contribution in [3.05, 3.63) is 43.2 Å². The summed E-state index contributed by atoms with van der Waals surface area (Å²) in [6.07, 6.45) is 2.71. The molecule has 2 aromatic heterocycles. The number of ether oxygens (including phenoxy) is 1. The van der Waals surface area contributed by atoms with Crippen LogP contribution in [0.3, 0.4) is 0 Å². The second-order valence-corrected chi connectivity index (χ2v) is 10.4. The summed E-state index contributed by atoms with van der Waals surface area (Å²) in [7, 11) is 0. The molecule has 0 bridgehead atoms. The number of carbonyl (C=O) groups is 1. The Morgan fingerprint density at radius 2 is 2.04 bits per heavy atom. The van der Waals surface area contributed by atoms with E-state index in [1.54, 1.807) is 15.9 Å². The van der Waals surface area contributed by atoms with Gasteiger partial charge in [0.25, 0.3) is 0 Å². The molecule has 0 aliphatic carbocycles. The van der Waals surface area contributed by atoms with E-state index in [1.165, 1.54) is 17.7 Å². The van der Waals surface area contributed by atoms with Crippen LogP contribution in [0.2, 0.25) is 0 Å². The average molecular weight is 607 g/mol. The molecule has 0 fully saturated rings. The van der Waals surface area contributed by atoms with Crippen molar-refractivity contribution in [3.8, 4) is 10.8 Å². The standard InChI is InChI=1S/C17H15I2N5O2S/c1-17(2,3)13-14(24-8-20-7-21-24)27-15(22-13)23-6-9-4-10(18)5-11(19)12(9)26-16(23)25/h4-5,7-8H,6H2,1-3H3. The third kappa shape index (κ3) is 3.58. The first-order chi connectivity index (χ1) is 12.7. The van der Waals surface area contributed by atoms with Crippen molar-refractivity contribution >= 4 is 67.7 Å². The van der Waals surface area contributed by atoms with Crippen LogP contribution in [-0.4, -0.2) is 25.8 Å². The van der Waals surface area contributed by atoms with E-state index in [-0.39, 0.29) is 5.41 Å². The molecule has 27 heavy (non-hydrogen) atoms. The van der Waals surface area contributed by atoms with E-state index in [9.17, 15) is 4.79 Å². The lowest BCUT2D eigenvalue weighted by Crippen LogP contribution is -2.37. The van der Waals surface area contributed by atoms with Gasteiger partial charge in [-0.25, -0.2) is 24.3 Å². The van der Waals surface area contributed by atoms with Crippen LogP contribution >= 0.6 is 56.5 Å². The second kappa shape index (κ2) is 6.95. The van der Waals surface area contributed by atoms with Crippen LogP contribution in [0.5, 0.6) is 5.75 Å². The summed E-state index contributed by atoms with van der Waals surface area (Å²) in [6, 6.07) is 4.03. The molecule has 0 radical (unpaired) electrons. The summed E-state index contributed by atoms with van der Waals surface area (Å²) < 4.78 is 9.34. The van der Waals surface area contributed by atoms with E-state index in [0.717, 1.165) is 23.4 Å². The highest BCUT2D eigenvalue weighted by Crippen LogP contribution is 2.40. The Kier molecular flexibility index (Phi) is 4.91. The zero-order valence-electron chi connectivity index (χ0n) is 14.7. The van der Waals surface area contributed by atoms with Gasteiger partial charge in [0.05, 0.1) is 15.8 Å². The molecule has 10 heteroatoms. The van der Waals surface area contributed by atoms with E-state index < -0.39 is 6.09 Å². The average Bonchev–Trinajstić information content (AvgIpc) is 3.23. The lowest BCUT2D eigenvalue weighted by molar-refractivity contribution is 0.202. The SMILES string of the molecule is CC(C)(C)c1nc(N2Cc3cc(I)cc(I)c3OC2=O)sc1-n1cncn1. The summed E-state index contributed by atoms with van der Waals surface area (Å²) in [5.74, 6) is 0.640. The van der Waals surface area contributed by atoms with Gasteiger partial charge in [-0.3, -0.25) is 0 Å². The van der Waals surface area contributed by atoms with Crippen molar-refractivity contribution in [1.82, 2.24) is 19.7 Å². The number of thiazole rings is 1. The number of hydrogen-bond acceptors (Lipinski definition) is 6. The van der Waals surface area contributed by atoms with E-state index in [2.05, 4.69) is 76.0 Å². The highest BCUT2D eigenvalue weighted by molar-refractivity contribution is 14.1. The molecule has 0 saturated carbocycles. The summed E-state index contributed by atoms with van der Waals surface area (Å²) in [6.45, 7) is 6.68. The lowest BCUT2D eigenvalue weighted by atomic mass is 9.92. The second-order valence-electron chi connectivity index (χ2n) is 7.07. The maximum Gasteiger partial charge on any atom is 0.421 e. The first kappa shape index (κ1) is 19.1. The molecule has 0 atom stereocenters. The lowest BCUT2D eigenvalue weighted by Gasteiger charge is -2.27. The number of halogens is 2. The number of nitrogens with zero attached hydrogens (tertiary/aromatic N) is 5. The normalized spacial score (nSPS) is 14.3. The Morgan fingerprint density at radius 3 is 2.70 bits per heavy atom. The van der Waals surface area contributed by atoms with Crippen LogP contribution in [-0.2, 0) is 12.0 Å². The van der Waals surface area contributed by atoms with Gasteiger partial charge in [0.2, 0.25) is 0 Å². The van der Waals surface area contributed by atoms with Gasteiger partial charge in [-0.1, -0.05) is 32.1 Å². The van der Waals surface area contributed by atoms with Crippen molar-refractivity contribution in [2.45, 2.75) is 32.7 Å². The molecule has 7 nitrogen and oxygen atoms in total. The van der Waals surface area contributed by atoms with E-state index in [4.69, 9.17) is 9.72 Å². The quantitative estimate of drug-likeness (QED) is 0.394. The van der Waals surface area contributed by atoms with Crippen LogP contribution < -0.4 is 9.64 Å². The van der Waals surface area contributed by atoms with Crippen molar-refractivity contribution in [3.63, 3.8) is 0 Å². The molecule has 1 aliphatic heterocycles. The van der Waals surface area contributed by atoms with Crippen LogP contribution in [0, 0.1) is 7.14 Å². The fraction of sp³-hybridized carbons (Fsp3) is 0.294. The van der Waals surface area contributed by atoms with Gasteiger partial charge in [-0.2, -0.15) is 5.10 Å². The molecule has 0 saturated heterocycles. The molecule has 140 valence electrons. The molecule has 0 spiro atoms. The first-order valence-corrected chi connectivity index (χ1v) is 11.0. The van der Waals surface area contributed by atoms with Gasteiger partial charge in [-0.15, -0.1) is 0 Å². The third-order valence-corrected chi connectivity index (χ3v) is 6.48. The van der Waals surface area contributed by atoms with Crippen molar-refractivity contribution in [2.75, 3.05) is 4.90 Å². The number of benzene rings is 1. The number of anilines is 1. The van der Waals surface area contributed by atoms with Crippen LogP contribution in [0.4, 0.5) is 9.93 Å². The highest BCUT2D eigenvalue weighted by Gasteiger charge is 2.33. The molecule has 0 N–H and O–H groups in total. The Bertz CT molecular complexity index is 1030. The minimum Gasteiger partial charge on any atom is -0.408 e. The van der Waals surface area contributed by atoms with Crippen LogP contribution in [0.25, 0.3) is 5.00 Å². The fourth-order valence-electron chi connectivity index (χ4n) is 2.74. The van der Waals surface area contributed by atoms with E-state index in [0.29, 0.717) is 17.4 Å². The van der Waals surface area contributed by atoms with Gasteiger partial charge in [0, 0.05) is 14.5 Å². The number of carbonyl (C=O) groups excluding carboxylic acids is 1. The Morgan fingerprint density at radius 1 is 1.26 bits per heavy atom. The molecular weight excluding hydrogens is 592 g/mol. The minimum atomic E-state index is -0.416. The fourth-order valence-corrected chi connectivity index (χ4v) is 6.01. The predicted octanol–water partition coefficient (Wildman–Crippen LogP) is 4.75. The van der Waals surface area contributed by atoms with Gasteiger partial charge < -0.3 is 4.74 Å². The summed E-state index contributed by atoms with van der Waals surface area (Å²) >= 11 is 5.87.